The van der Waals surface area contributed by atoms with Gasteiger partial charge >= 0.3 is 0 Å². The second-order valence-electron chi connectivity index (χ2n) is 8.94. The van der Waals surface area contributed by atoms with Crippen LogP contribution in [0.25, 0.3) is 16.7 Å². The van der Waals surface area contributed by atoms with Gasteiger partial charge in [0, 0.05) is 23.3 Å². The molecule has 0 aliphatic heterocycles. The minimum Gasteiger partial charge on any atom is -0.308 e. The van der Waals surface area contributed by atoms with E-state index in [-0.39, 0.29) is 0 Å². The molecule has 2 aliphatic rings. The molecule has 0 saturated heterocycles. The maximum atomic E-state index is 9.72. The van der Waals surface area contributed by atoms with Gasteiger partial charge < -0.3 is 4.57 Å². The molecule has 0 unspecified atom stereocenters. The standard InChI is InChI=1S/C28H24N4/c1-18(16-29)26-23-6-3-2-5-20(23)9-12-22-15-19(8-13-24(22)26)17-32-27(21-10-11-21)31-25-7-4-14-30-28(25)32/h2-8,13-15,21H,9-12,17H2,1H3. The van der Waals surface area contributed by atoms with Crippen molar-refractivity contribution in [2.75, 3.05) is 0 Å². The Morgan fingerprint density at radius 1 is 1.03 bits per heavy atom. The topological polar surface area (TPSA) is 54.5 Å². The molecule has 6 rings (SSSR count). The third-order valence-electron chi connectivity index (χ3n) is 6.75. The van der Waals surface area contributed by atoms with Gasteiger partial charge in [0.05, 0.1) is 12.6 Å². The molecule has 4 nitrogen and oxygen atoms in total. The number of hydrogen-bond donors (Lipinski definition) is 0. The second kappa shape index (κ2) is 7.46. The number of imidazole rings is 1. The largest absolute Gasteiger partial charge is 0.308 e. The van der Waals surface area contributed by atoms with Gasteiger partial charge in [-0.25, -0.2) is 9.97 Å². The monoisotopic (exact) mass is 416 g/mol. The number of pyridine rings is 1. The van der Waals surface area contributed by atoms with Crippen molar-refractivity contribution in [2.24, 2.45) is 0 Å². The lowest BCUT2D eigenvalue weighted by atomic mass is 9.90. The van der Waals surface area contributed by atoms with Gasteiger partial charge in [-0.05, 0) is 72.6 Å². The van der Waals surface area contributed by atoms with Crippen LogP contribution in [0.3, 0.4) is 0 Å². The zero-order valence-electron chi connectivity index (χ0n) is 18.2. The average Bonchev–Trinajstić information content (AvgIpc) is 3.63. The van der Waals surface area contributed by atoms with E-state index in [0.717, 1.165) is 41.7 Å². The zero-order valence-corrected chi connectivity index (χ0v) is 18.2. The fraction of sp³-hybridized carbons (Fsp3) is 0.250. The highest BCUT2D eigenvalue weighted by molar-refractivity contribution is 5.87. The fourth-order valence-corrected chi connectivity index (χ4v) is 5.02. The van der Waals surface area contributed by atoms with Gasteiger partial charge in [0.1, 0.15) is 11.3 Å². The molecule has 1 saturated carbocycles. The van der Waals surface area contributed by atoms with Gasteiger partial charge in [0.15, 0.2) is 5.65 Å². The molecule has 4 aromatic rings. The van der Waals surface area contributed by atoms with Gasteiger partial charge in [-0.1, -0.05) is 42.5 Å². The summed E-state index contributed by atoms with van der Waals surface area (Å²) in [6, 6.07) is 21.7. The summed E-state index contributed by atoms with van der Waals surface area (Å²) in [6.07, 6.45) is 6.24. The summed E-state index contributed by atoms with van der Waals surface area (Å²) < 4.78 is 2.30. The summed E-state index contributed by atoms with van der Waals surface area (Å²) in [4.78, 5) is 9.54. The lowest BCUT2D eigenvalue weighted by Crippen LogP contribution is -2.06. The summed E-state index contributed by atoms with van der Waals surface area (Å²) >= 11 is 0. The first-order valence-electron chi connectivity index (χ1n) is 11.4. The van der Waals surface area contributed by atoms with Crippen LogP contribution in [0.5, 0.6) is 0 Å². The maximum absolute atomic E-state index is 9.72. The van der Waals surface area contributed by atoms with Crippen LogP contribution in [0.2, 0.25) is 0 Å². The van der Waals surface area contributed by atoms with Gasteiger partial charge in [0.25, 0.3) is 0 Å². The molecule has 0 atom stereocenters. The Kier molecular flexibility index (Phi) is 4.43. The lowest BCUT2D eigenvalue weighted by molar-refractivity contribution is 0.739. The molecular weight excluding hydrogens is 392 g/mol. The number of allylic oxidation sites excluding steroid dienone is 1. The van der Waals surface area contributed by atoms with E-state index in [0.29, 0.717) is 5.92 Å². The number of hydrogen-bond acceptors (Lipinski definition) is 3. The van der Waals surface area contributed by atoms with E-state index < -0.39 is 0 Å². The fourth-order valence-electron chi connectivity index (χ4n) is 5.02. The van der Waals surface area contributed by atoms with Crippen molar-refractivity contribution in [3.05, 3.63) is 100 Å². The highest BCUT2D eigenvalue weighted by Gasteiger charge is 2.30. The molecule has 0 amide bonds. The highest BCUT2D eigenvalue weighted by atomic mass is 15.1. The SMILES string of the molecule is CC(C#N)=C1c2ccccc2CCc2cc(Cn3c(C4CC4)nc4cccnc43)ccc21. The van der Waals surface area contributed by atoms with Crippen LogP contribution in [0, 0.1) is 11.3 Å². The first kappa shape index (κ1) is 19.0. The highest BCUT2D eigenvalue weighted by Crippen LogP contribution is 2.41. The number of nitrogens with zero attached hydrogens (tertiary/aromatic N) is 4. The van der Waals surface area contributed by atoms with E-state index in [4.69, 9.17) is 4.98 Å². The number of nitriles is 1. The Balaban J connectivity index is 1.45. The lowest BCUT2D eigenvalue weighted by Gasteiger charge is -2.15. The number of aryl methyl sites for hydroxylation is 2. The van der Waals surface area contributed by atoms with Gasteiger partial charge in [-0.3, -0.25) is 0 Å². The van der Waals surface area contributed by atoms with E-state index >= 15 is 0 Å². The van der Waals surface area contributed by atoms with Crippen LogP contribution in [0.4, 0.5) is 0 Å². The quantitative estimate of drug-likeness (QED) is 0.397. The van der Waals surface area contributed by atoms with Crippen molar-refractivity contribution < 1.29 is 0 Å². The Hall–Kier alpha value is -3.71. The number of aromatic nitrogens is 3. The van der Waals surface area contributed by atoms with Crippen molar-refractivity contribution >= 4 is 16.7 Å². The van der Waals surface area contributed by atoms with Gasteiger partial charge in [-0.2, -0.15) is 5.26 Å². The van der Waals surface area contributed by atoms with Crippen molar-refractivity contribution in [3.8, 4) is 6.07 Å². The van der Waals surface area contributed by atoms with Crippen LogP contribution < -0.4 is 0 Å². The van der Waals surface area contributed by atoms with E-state index in [1.165, 1.54) is 46.5 Å². The molecule has 2 aromatic heterocycles. The summed E-state index contributed by atoms with van der Waals surface area (Å²) in [6.45, 7) is 2.70. The molecule has 4 heteroatoms. The zero-order chi connectivity index (χ0) is 21.7. The molecule has 2 heterocycles. The molecule has 0 spiro atoms. The Labute approximate surface area is 187 Å². The van der Waals surface area contributed by atoms with Crippen LogP contribution in [-0.4, -0.2) is 14.5 Å². The number of benzene rings is 2. The normalized spacial score (nSPS) is 16.8. The van der Waals surface area contributed by atoms with Crippen molar-refractivity contribution in [1.82, 2.24) is 14.5 Å². The van der Waals surface area contributed by atoms with E-state index in [9.17, 15) is 5.26 Å². The van der Waals surface area contributed by atoms with Crippen molar-refractivity contribution in [3.63, 3.8) is 0 Å². The van der Waals surface area contributed by atoms with E-state index in [1.807, 2.05) is 19.2 Å². The molecule has 32 heavy (non-hydrogen) atoms. The number of fused-ring (bicyclic) bond motifs is 3. The predicted molar refractivity (Wildman–Crippen MR) is 126 cm³/mol. The van der Waals surface area contributed by atoms with Crippen LogP contribution >= 0.6 is 0 Å². The first-order valence-corrected chi connectivity index (χ1v) is 11.4. The molecule has 0 bridgehead atoms. The average molecular weight is 417 g/mol. The Bertz CT molecular complexity index is 1430. The van der Waals surface area contributed by atoms with Crippen molar-refractivity contribution in [2.45, 2.75) is 45.1 Å². The number of rotatable bonds is 3. The predicted octanol–water partition coefficient (Wildman–Crippen LogP) is 5.80. The first-order chi connectivity index (χ1) is 15.7. The van der Waals surface area contributed by atoms with E-state index in [2.05, 4.69) is 64.2 Å². The van der Waals surface area contributed by atoms with Gasteiger partial charge in [0.2, 0.25) is 0 Å². The smallest absolute Gasteiger partial charge is 0.160 e. The summed E-state index contributed by atoms with van der Waals surface area (Å²) in [5.74, 6) is 1.73. The third-order valence-corrected chi connectivity index (χ3v) is 6.75. The molecule has 2 aliphatic carbocycles. The molecule has 0 radical (unpaired) electrons. The van der Waals surface area contributed by atoms with Gasteiger partial charge in [-0.15, -0.1) is 0 Å². The second-order valence-corrected chi connectivity index (χ2v) is 8.94. The molecule has 156 valence electrons. The minimum absolute atomic E-state index is 0.562. The third kappa shape index (κ3) is 3.13. The Morgan fingerprint density at radius 3 is 2.69 bits per heavy atom. The van der Waals surface area contributed by atoms with Crippen LogP contribution in [0.15, 0.2) is 66.4 Å². The van der Waals surface area contributed by atoms with Crippen molar-refractivity contribution in [1.29, 1.82) is 5.26 Å². The van der Waals surface area contributed by atoms with E-state index in [1.54, 1.807) is 0 Å². The summed E-state index contributed by atoms with van der Waals surface area (Å²) in [5.41, 5.74) is 10.1. The molecular formula is C28H24N4. The molecule has 2 aromatic carbocycles. The summed E-state index contributed by atoms with van der Waals surface area (Å²) in [5, 5.41) is 9.72. The van der Waals surface area contributed by atoms with Crippen LogP contribution in [-0.2, 0) is 19.4 Å². The summed E-state index contributed by atoms with van der Waals surface area (Å²) in [7, 11) is 0. The molecule has 0 N–H and O–H groups in total. The maximum Gasteiger partial charge on any atom is 0.160 e. The Morgan fingerprint density at radius 2 is 1.84 bits per heavy atom. The molecule has 1 fully saturated rings. The minimum atomic E-state index is 0.562. The van der Waals surface area contributed by atoms with Crippen LogP contribution in [0.1, 0.15) is 59.3 Å².